The summed E-state index contributed by atoms with van der Waals surface area (Å²) >= 11 is 0. The standard InChI is InChI=1S/C12H24O3/c1-4-5-6-7-12(15,8-10(2)3)9-11(13)14/h10,15H,4-9H2,1-3H3,(H,13,14). The Kier molecular flexibility index (Phi) is 6.57. The van der Waals surface area contributed by atoms with Gasteiger partial charge in [0.2, 0.25) is 0 Å². The highest BCUT2D eigenvalue weighted by atomic mass is 16.4. The molecule has 0 bridgehead atoms. The van der Waals surface area contributed by atoms with Crippen molar-refractivity contribution >= 4 is 5.97 Å². The van der Waals surface area contributed by atoms with Gasteiger partial charge in [-0.15, -0.1) is 0 Å². The second-order valence-corrected chi connectivity index (χ2v) is 4.85. The molecule has 0 spiro atoms. The molecule has 15 heavy (non-hydrogen) atoms. The van der Waals surface area contributed by atoms with Crippen LogP contribution in [0.5, 0.6) is 0 Å². The predicted molar refractivity (Wildman–Crippen MR) is 60.8 cm³/mol. The van der Waals surface area contributed by atoms with Gasteiger partial charge in [-0.1, -0.05) is 40.0 Å². The van der Waals surface area contributed by atoms with Crippen LogP contribution in [0.15, 0.2) is 0 Å². The van der Waals surface area contributed by atoms with Crippen molar-refractivity contribution in [3.05, 3.63) is 0 Å². The third-order valence-corrected chi connectivity index (χ3v) is 2.51. The molecular weight excluding hydrogens is 192 g/mol. The zero-order valence-corrected chi connectivity index (χ0v) is 10.1. The number of aliphatic carboxylic acids is 1. The lowest BCUT2D eigenvalue weighted by atomic mass is 9.85. The molecule has 0 heterocycles. The molecule has 0 radical (unpaired) electrons. The van der Waals surface area contributed by atoms with Crippen LogP contribution >= 0.6 is 0 Å². The Hall–Kier alpha value is -0.570. The smallest absolute Gasteiger partial charge is 0.306 e. The SMILES string of the molecule is CCCCCC(O)(CC(=O)O)CC(C)C. The molecule has 1 atom stereocenters. The highest BCUT2D eigenvalue weighted by Crippen LogP contribution is 2.26. The molecule has 3 nitrogen and oxygen atoms in total. The lowest BCUT2D eigenvalue weighted by Gasteiger charge is -2.28. The average Bonchev–Trinajstić information content (AvgIpc) is 2.00. The maximum absolute atomic E-state index is 10.7. The van der Waals surface area contributed by atoms with Crippen LogP contribution in [-0.2, 0) is 4.79 Å². The van der Waals surface area contributed by atoms with Crippen LogP contribution in [0.4, 0.5) is 0 Å². The molecule has 0 aromatic carbocycles. The number of hydrogen-bond donors (Lipinski definition) is 2. The van der Waals surface area contributed by atoms with Crippen molar-refractivity contribution in [2.75, 3.05) is 0 Å². The highest BCUT2D eigenvalue weighted by molar-refractivity contribution is 5.68. The van der Waals surface area contributed by atoms with Crippen LogP contribution in [-0.4, -0.2) is 21.8 Å². The summed E-state index contributed by atoms with van der Waals surface area (Å²) in [5, 5.41) is 19.0. The van der Waals surface area contributed by atoms with Crippen molar-refractivity contribution in [3.8, 4) is 0 Å². The molecule has 0 saturated carbocycles. The summed E-state index contributed by atoms with van der Waals surface area (Å²) in [4.78, 5) is 10.7. The van der Waals surface area contributed by atoms with E-state index in [-0.39, 0.29) is 6.42 Å². The van der Waals surface area contributed by atoms with Crippen LogP contribution < -0.4 is 0 Å². The molecule has 0 aliphatic heterocycles. The zero-order valence-electron chi connectivity index (χ0n) is 10.1. The van der Waals surface area contributed by atoms with Gasteiger partial charge in [0.25, 0.3) is 0 Å². The summed E-state index contributed by atoms with van der Waals surface area (Å²) in [5.41, 5.74) is -1.00. The number of rotatable bonds is 8. The van der Waals surface area contributed by atoms with Gasteiger partial charge in [0.05, 0.1) is 12.0 Å². The molecule has 2 N–H and O–H groups in total. The third kappa shape index (κ3) is 7.37. The van der Waals surface area contributed by atoms with Crippen molar-refractivity contribution in [2.24, 2.45) is 5.92 Å². The molecule has 0 rings (SSSR count). The highest BCUT2D eigenvalue weighted by Gasteiger charge is 2.30. The van der Waals surface area contributed by atoms with E-state index >= 15 is 0 Å². The van der Waals surface area contributed by atoms with Crippen LogP contribution in [0, 0.1) is 5.92 Å². The normalized spacial score (nSPS) is 15.3. The van der Waals surface area contributed by atoms with E-state index < -0.39 is 11.6 Å². The van der Waals surface area contributed by atoms with Crippen molar-refractivity contribution < 1.29 is 15.0 Å². The number of unbranched alkanes of at least 4 members (excludes halogenated alkanes) is 2. The Labute approximate surface area is 92.5 Å². The first kappa shape index (κ1) is 14.4. The van der Waals surface area contributed by atoms with Gasteiger partial charge in [0.1, 0.15) is 0 Å². The van der Waals surface area contributed by atoms with Crippen LogP contribution in [0.3, 0.4) is 0 Å². The minimum absolute atomic E-state index is 0.130. The second-order valence-electron chi connectivity index (χ2n) is 4.85. The molecule has 90 valence electrons. The fourth-order valence-electron chi connectivity index (χ4n) is 2.01. The average molecular weight is 216 g/mol. The van der Waals surface area contributed by atoms with Gasteiger partial charge in [0.15, 0.2) is 0 Å². The Bertz CT molecular complexity index is 189. The van der Waals surface area contributed by atoms with Gasteiger partial charge in [-0.05, 0) is 18.8 Å². The van der Waals surface area contributed by atoms with E-state index in [1.54, 1.807) is 0 Å². The van der Waals surface area contributed by atoms with Crippen LogP contribution in [0.25, 0.3) is 0 Å². The van der Waals surface area contributed by atoms with E-state index in [9.17, 15) is 9.90 Å². The first-order valence-electron chi connectivity index (χ1n) is 5.84. The molecule has 0 fully saturated rings. The number of carbonyl (C=O) groups is 1. The maximum Gasteiger partial charge on any atom is 0.306 e. The van der Waals surface area contributed by atoms with Gasteiger partial charge in [-0.25, -0.2) is 0 Å². The number of carboxylic acids is 1. The topological polar surface area (TPSA) is 57.5 Å². The summed E-state index contributed by atoms with van der Waals surface area (Å²) in [6, 6.07) is 0. The molecule has 3 heteroatoms. The van der Waals surface area contributed by atoms with Gasteiger partial charge in [-0.3, -0.25) is 4.79 Å². The largest absolute Gasteiger partial charge is 0.481 e. The molecule has 0 aliphatic rings. The Morgan fingerprint density at radius 3 is 2.33 bits per heavy atom. The van der Waals surface area contributed by atoms with Gasteiger partial charge in [-0.2, -0.15) is 0 Å². The minimum atomic E-state index is -1.00. The van der Waals surface area contributed by atoms with Crippen LogP contribution in [0.1, 0.15) is 59.3 Å². The summed E-state index contributed by atoms with van der Waals surface area (Å²) in [5.74, 6) is -0.578. The van der Waals surface area contributed by atoms with Gasteiger partial charge < -0.3 is 10.2 Å². The number of hydrogen-bond acceptors (Lipinski definition) is 2. The van der Waals surface area contributed by atoms with Crippen LogP contribution in [0.2, 0.25) is 0 Å². The fourth-order valence-corrected chi connectivity index (χ4v) is 2.01. The van der Waals surface area contributed by atoms with E-state index in [4.69, 9.17) is 5.11 Å². The minimum Gasteiger partial charge on any atom is -0.481 e. The molecule has 0 aromatic heterocycles. The van der Waals surface area contributed by atoms with Crippen molar-refractivity contribution in [2.45, 2.75) is 64.9 Å². The third-order valence-electron chi connectivity index (χ3n) is 2.51. The van der Waals surface area contributed by atoms with Gasteiger partial charge >= 0.3 is 5.97 Å². The number of carboxylic acid groups (broad SMARTS) is 1. The van der Waals surface area contributed by atoms with Crippen molar-refractivity contribution in [1.82, 2.24) is 0 Å². The second kappa shape index (κ2) is 6.83. The molecule has 0 aliphatic carbocycles. The fraction of sp³-hybridized carbons (Fsp3) is 0.917. The van der Waals surface area contributed by atoms with E-state index in [1.165, 1.54) is 0 Å². The molecule has 0 amide bonds. The van der Waals surface area contributed by atoms with E-state index in [2.05, 4.69) is 6.92 Å². The molecule has 0 saturated heterocycles. The Morgan fingerprint density at radius 2 is 1.93 bits per heavy atom. The quantitative estimate of drug-likeness (QED) is 0.613. The van der Waals surface area contributed by atoms with E-state index in [0.29, 0.717) is 18.8 Å². The Morgan fingerprint density at radius 1 is 1.33 bits per heavy atom. The molecule has 0 aromatic rings. The molecular formula is C12H24O3. The lowest BCUT2D eigenvalue weighted by molar-refractivity contribution is -0.143. The summed E-state index contributed by atoms with van der Waals surface area (Å²) in [6.45, 7) is 6.11. The van der Waals surface area contributed by atoms with E-state index in [1.807, 2.05) is 13.8 Å². The van der Waals surface area contributed by atoms with Crippen molar-refractivity contribution in [3.63, 3.8) is 0 Å². The summed E-state index contributed by atoms with van der Waals surface area (Å²) in [7, 11) is 0. The first-order chi connectivity index (χ1) is 6.89. The van der Waals surface area contributed by atoms with Crippen molar-refractivity contribution in [1.29, 1.82) is 0 Å². The lowest BCUT2D eigenvalue weighted by Crippen LogP contribution is -2.33. The van der Waals surface area contributed by atoms with E-state index in [0.717, 1.165) is 19.3 Å². The number of aliphatic hydroxyl groups is 1. The summed E-state index contributed by atoms with van der Waals surface area (Å²) in [6.07, 6.45) is 4.10. The van der Waals surface area contributed by atoms with Gasteiger partial charge in [0, 0.05) is 0 Å². The Balaban J connectivity index is 4.20. The monoisotopic (exact) mass is 216 g/mol. The first-order valence-corrected chi connectivity index (χ1v) is 5.84. The maximum atomic E-state index is 10.7. The predicted octanol–water partition coefficient (Wildman–Crippen LogP) is 2.82. The summed E-state index contributed by atoms with van der Waals surface area (Å²) < 4.78 is 0. The zero-order chi connectivity index (χ0) is 11.9. The molecule has 1 unspecified atom stereocenters.